The van der Waals surface area contributed by atoms with Crippen LogP contribution < -0.4 is 10.6 Å². The van der Waals surface area contributed by atoms with Crippen LogP contribution in [0.2, 0.25) is 0 Å². The highest BCUT2D eigenvalue weighted by Gasteiger charge is 2.12. The van der Waals surface area contributed by atoms with Gasteiger partial charge in [0.2, 0.25) is 0 Å². The molecule has 1 aromatic carbocycles. The van der Waals surface area contributed by atoms with Crippen molar-refractivity contribution in [1.82, 2.24) is 5.32 Å². The first-order valence-corrected chi connectivity index (χ1v) is 7.69. The van der Waals surface area contributed by atoms with E-state index >= 15 is 0 Å². The van der Waals surface area contributed by atoms with Crippen molar-refractivity contribution in [1.29, 1.82) is 0 Å². The van der Waals surface area contributed by atoms with Crippen molar-refractivity contribution in [2.45, 2.75) is 13.5 Å². The van der Waals surface area contributed by atoms with Gasteiger partial charge in [-0.1, -0.05) is 15.9 Å². The van der Waals surface area contributed by atoms with E-state index in [1.807, 2.05) is 19.1 Å². The van der Waals surface area contributed by atoms with Crippen molar-refractivity contribution in [2.75, 3.05) is 5.32 Å². The zero-order valence-corrected chi connectivity index (χ0v) is 13.5. The largest absolute Gasteiger partial charge is 0.478 e. The van der Waals surface area contributed by atoms with Gasteiger partial charge in [0.1, 0.15) is 0 Å². The number of aryl methyl sites for hydroxylation is 1. The summed E-state index contributed by atoms with van der Waals surface area (Å²) in [6, 6.07) is 8.09. The average molecular weight is 369 g/mol. The van der Waals surface area contributed by atoms with E-state index in [0.29, 0.717) is 11.0 Å². The lowest BCUT2D eigenvalue weighted by Crippen LogP contribution is -2.28. The topological polar surface area (TPSA) is 78.4 Å². The molecule has 0 bridgehead atoms. The Labute approximate surface area is 134 Å². The molecule has 0 spiro atoms. The summed E-state index contributed by atoms with van der Waals surface area (Å²) in [6.07, 6.45) is 0. The van der Waals surface area contributed by atoms with E-state index in [-0.39, 0.29) is 11.3 Å². The van der Waals surface area contributed by atoms with E-state index in [0.717, 1.165) is 4.88 Å². The van der Waals surface area contributed by atoms with E-state index < -0.39 is 12.0 Å². The predicted molar refractivity (Wildman–Crippen MR) is 86.0 cm³/mol. The third kappa shape index (κ3) is 4.30. The molecule has 0 aliphatic heterocycles. The number of carboxylic acid groups (broad SMARTS) is 1. The van der Waals surface area contributed by atoms with Crippen molar-refractivity contribution >= 4 is 45.0 Å². The first kappa shape index (κ1) is 15.5. The Hall–Kier alpha value is -1.86. The van der Waals surface area contributed by atoms with E-state index in [2.05, 4.69) is 26.6 Å². The quantitative estimate of drug-likeness (QED) is 0.766. The third-order valence-corrected chi connectivity index (χ3v) is 4.17. The molecule has 0 saturated carbocycles. The lowest BCUT2D eigenvalue weighted by molar-refractivity contribution is 0.0698. The van der Waals surface area contributed by atoms with Gasteiger partial charge in [-0.3, -0.25) is 0 Å². The number of rotatable bonds is 4. The second-order valence-corrected chi connectivity index (χ2v) is 6.60. The Morgan fingerprint density at radius 1 is 1.29 bits per heavy atom. The summed E-state index contributed by atoms with van der Waals surface area (Å²) in [6.45, 7) is 2.40. The number of urea groups is 1. The van der Waals surface area contributed by atoms with Crippen LogP contribution in [0, 0.1) is 6.92 Å². The first-order valence-electron chi connectivity index (χ1n) is 6.08. The van der Waals surface area contributed by atoms with Crippen LogP contribution in [0.5, 0.6) is 0 Å². The van der Waals surface area contributed by atoms with E-state index in [1.165, 1.54) is 10.9 Å². The smallest absolute Gasteiger partial charge is 0.337 e. The Morgan fingerprint density at radius 3 is 2.67 bits per heavy atom. The molecule has 5 nitrogen and oxygen atoms in total. The molecule has 1 heterocycles. The number of carbonyl (C=O) groups is 2. The highest BCUT2D eigenvalue weighted by Crippen LogP contribution is 2.21. The highest BCUT2D eigenvalue weighted by molar-refractivity contribution is 9.10. The van der Waals surface area contributed by atoms with Gasteiger partial charge in [-0.15, -0.1) is 11.3 Å². The minimum atomic E-state index is -1.09. The average Bonchev–Trinajstić information content (AvgIpc) is 2.82. The molecule has 110 valence electrons. The standard InChI is InChI=1S/C14H13BrN2O3S/c1-8-2-4-10(21-8)7-16-14(20)17-12-6-9(15)3-5-11(12)13(18)19/h2-6H,7H2,1H3,(H,18,19)(H2,16,17,20). The molecule has 7 heteroatoms. The van der Waals surface area contributed by atoms with Gasteiger partial charge < -0.3 is 15.7 Å². The summed E-state index contributed by atoms with van der Waals surface area (Å²) in [4.78, 5) is 25.2. The molecule has 0 unspecified atom stereocenters. The van der Waals surface area contributed by atoms with Crippen LogP contribution in [0.4, 0.5) is 10.5 Å². The molecule has 2 amide bonds. The summed E-state index contributed by atoms with van der Waals surface area (Å²) >= 11 is 4.85. The predicted octanol–water partition coefficient (Wildman–Crippen LogP) is 3.84. The molecule has 0 saturated heterocycles. The molecule has 1 aromatic heterocycles. The fraction of sp³-hybridized carbons (Fsp3) is 0.143. The van der Waals surface area contributed by atoms with E-state index in [1.54, 1.807) is 23.5 Å². The van der Waals surface area contributed by atoms with Crippen LogP contribution in [0.3, 0.4) is 0 Å². The molecule has 2 rings (SSSR count). The Kier molecular flexibility index (Phi) is 4.98. The number of benzene rings is 1. The van der Waals surface area contributed by atoms with Gasteiger partial charge in [0.15, 0.2) is 0 Å². The molecule has 21 heavy (non-hydrogen) atoms. The van der Waals surface area contributed by atoms with Crippen LogP contribution in [-0.2, 0) is 6.54 Å². The van der Waals surface area contributed by atoms with Crippen molar-refractivity contribution in [2.24, 2.45) is 0 Å². The fourth-order valence-electron chi connectivity index (χ4n) is 1.72. The number of nitrogens with one attached hydrogen (secondary N) is 2. The van der Waals surface area contributed by atoms with Gasteiger partial charge in [0.05, 0.1) is 17.8 Å². The number of hydrogen-bond donors (Lipinski definition) is 3. The Bertz CT molecular complexity index is 685. The van der Waals surface area contributed by atoms with E-state index in [4.69, 9.17) is 5.11 Å². The number of thiophene rings is 1. The maximum atomic E-state index is 11.9. The number of anilines is 1. The lowest BCUT2D eigenvalue weighted by atomic mass is 10.2. The first-order chi connectivity index (χ1) is 9.95. The highest BCUT2D eigenvalue weighted by atomic mass is 79.9. The van der Waals surface area contributed by atoms with Crippen LogP contribution in [0.1, 0.15) is 20.1 Å². The lowest BCUT2D eigenvalue weighted by Gasteiger charge is -2.10. The molecule has 0 aliphatic rings. The number of amides is 2. The van der Waals surface area contributed by atoms with Gasteiger partial charge in [0, 0.05) is 14.2 Å². The third-order valence-electron chi connectivity index (χ3n) is 2.68. The normalized spacial score (nSPS) is 10.2. The van der Waals surface area contributed by atoms with Gasteiger partial charge in [0.25, 0.3) is 0 Å². The maximum absolute atomic E-state index is 11.9. The Balaban J connectivity index is 2.02. The molecule has 0 radical (unpaired) electrons. The number of aromatic carboxylic acids is 1. The summed E-state index contributed by atoms with van der Waals surface area (Å²) in [5, 5.41) is 14.3. The minimum Gasteiger partial charge on any atom is -0.478 e. The fourth-order valence-corrected chi connectivity index (χ4v) is 2.91. The van der Waals surface area contributed by atoms with Gasteiger partial charge in [-0.2, -0.15) is 0 Å². The summed E-state index contributed by atoms with van der Waals surface area (Å²) < 4.78 is 0.691. The molecule has 0 fully saturated rings. The minimum absolute atomic E-state index is 0.0420. The maximum Gasteiger partial charge on any atom is 0.337 e. The Morgan fingerprint density at radius 2 is 2.05 bits per heavy atom. The number of carboxylic acids is 1. The zero-order chi connectivity index (χ0) is 15.4. The summed E-state index contributed by atoms with van der Waals surface area (Å²) in [5.41, 5.74) is 0.289. The van der Waals surface area contributed by atoms with Crippen LogP contribution in [0.15, 0.2) is 34.8 Å². The second-order valence-electron chi connectivity index (χ2n) is 4.32. The van der Waals surface area contributed by atoms with Crippen molar-refractivity contribution in [3.63, 3.8) is 0 Å². The van der Waals surface area contributed by atoms with Crippen LogP contribution in [-0.4, -0.2) is 17.1 Å². The molecule has 0 atom stereocenters. The summed E-state index contributed by atoms with van der Waals surface area (Å²) in [7, 11) is 0. The number of carbonyl (C=O) groups excluding carboxylic acids is 1. The van der Waals surface area contributed by atoms with E-state index in [9.17, 15) is 9.59 Å². The van der Waals surface area contributed by atoms with Crippen LogP contribution in [0.25, 0.3) is 0 Å². The number of halogens is 1. The monoisotopic (exact) mass is 368 g/mol. The molecule has 3 N–H and O–H groups in total. The molecule has 2 aromatic rings. The number of hydrogen-bond acceptors (Lipinski definition) is 3. The zero-order valence-electron chi connectivity index (χ0n) is 11.1. The van der Waals surface area contributed by atoms with Gasteiger partial charge in [-0.05, 0) is 37.3 Å². The van der Waals surface area contributed by atoms with Crippen molar-refractivity contribution < 1.29 is 14.7 Å². The van der Waals surface area contributed by atoms with Crippen molar-refractivity contribution in [3.8, 4) is 0 Å². The van der Waals surface area contributed by atoms with Crippen molar-refractivity contribution in [3.05, 3.63) is 50.1 Å². The van der Waals surface area contributed by atoms with Gasteiger partial charge >= 0.3 is 12.0 Å². The molecular weight excluding hydrogens is 356 g/mol. The second kappa shape index (κ2) is 6.73. The van der Waals surface area contributed by atoms with Gasteiger partial charge in [-0.25, -0.2) is 9.59 Å². The SMILES string of the molecule is Cc1ccc(CNC(=O)Nc2cc(Br)ccc2C(=O)O)s1. The summed E-state index contributed by atoms with van der Waals surface area (Å²) in [5.74, 6) is -1.09. The molecular formula is C14H13BrN2O3S. The molecule has 0 aliphatic carbocycles. The van der Waals surface area contributed by atoms with Crippen LogP contribution >= 0.6 is 27.3 Å².